The van der Waals surface area contributed by atoms with Crippen molar-refractivity contribution in [1.82, 2.24) is 4.90 Å². The summed E-state index contributed by atoms with van der Waals surface area (Å²) in [4.78, 5) is 39.5. The van der Waals surface area contributed by atoms with E-state index >= 15 is 0 Å². The SMILES string of the molecule is COc1ccc(C2SC(=O)N(CCO[N+](=O)[O-])C2C(N)=O)cc1. The zero-order valence-electron chi connectivity index (χ0n) is 12.2. The van der Waals surface area contributed by atoms with Crippen LogP contribution in [0.3, 0.4) is 0 Å². The molecule has 9 nitrogen and oxygen atoms in total. The number of primary amides is 1. The van der Waals surface area contributed by atoms with Gasteiger partial charge in [-0.2, -0.15) is 0 Å². The molecule has 0 aromatic heterocycles. The number of hydrogen-bond acceptors (Lipinski definition) is 7. The van der Waals surface area contributed by atoms with Gasteiger partial charge in [0.1, 0.15) is 18.4 Å². The van der Waals surface area contributed by atoms with Gasteiger partial charge in [-0.15, -0.1) is 10.1 Å². The van der Waals surface area contributed by atoms with E-state index in [1.165, 1.54) is 12.0 Å². The first-order chi connectivity index (χ1) is 10.9. The van der Waals surface area contributed by atoms with Gasteiger partial charge < -0.3 is 20.2 Å². The third-order valence-electron chi connectivity index (χ3n) is 3.35. The molecule has 1 saturated heterocycles. The number of nitrogens with zero attached hydrogens (tertiary/aromatic N) is 2. The Labute approximate surface area is 135 Å². The van der Waals surface area contributed by atoms with Crippen molar-refractivity contribution in [1.29, 1.82) is 0 Å². The van der Waals surface area contributed by atoms with Gasteiger partial charge in [0.15, 0.2) is 0 Å². The Balaban J connectivity index is 2.17. The van der Waals surface area contributed by atoms with Crippen molar-refractivity contribution in [2.24, 2.45) is 5.73 Å². The fraction of sp³-hybridized carbons (Fsp3) is 0.385. The highest BCUT2D eigenvalue weighted by molar-refractivity contribution is 8.14. The smallest absolute Gasteiger partial charge is 0.294 e. The van der Waals surface area contributed by atoms with Gasteiger partial charge >= 0.3 is 0 Å². The summed E-state index contributed by atoms with van der Waals surface area (Å²) in [6.07, 6.45) is 0. The van der Waals surface area contributed by atoms with E-state index in [-0.39, 0.29) is 18.4 Å². The van der Waals surface area contributed by atoms with Crippen LogP contribution in [-0.4, -0.2) is 47.4 Å². The van der Waals surface area contributed by atoms with Crippen molar-refractivity contribution in [3.05, 3.63) is 39.9 Å². The molecule has 124 valence electrons. The molecule has 10 heteroatoms. The van der Waals surface area contributed by atoms with Gasteiger partial charge in [-0.1, -0.05) is 23.9 Å². The molecule has 2 unspecified atom stereocenters. The first kappa shape index (κ1) is 16.9. The molecule has 2 N–H and O–H groups in total. The summed E-state index contributed by atoms with van der Waals surface area (Å²) >= 11 is 0.955. The van der Waals surface area contributed by atoms with Crippen LogP contribution in [-0.2, 0) is 9.63 Å². The Hall–Kier alpha value is -2.49. The number of carbonyl (C=O) groups excluding carboxylic acids is 2. The maximum atomic E-state index is 12.1. The predicted molar refractivity (Wildman–Crippen MR) is 81.4 cm³/mol. The average molecular weight is 341 g/mol. The Morgan fingerprint density at radius 2 is 2.09 bits per heavy atom. The van der Waals surface area contributed by atoms with Crippen molar-refractivity contribution in [2.75, 3.05) is 20.3 Å². The van der Waals surface area contributed by atoms with Crippen LogP contribution in [0.15, 0.2) is 24.3 Å². The third kappa shape index (κ3) is 3.83. The number of hydrogen-bond donors (Lipinski definition) is 1. The molecule has 2 rings (SSSR count). The summed E-state index contributed by atoms with van der Waals surface area (Å²) in [6, 6.07) is 6.04. The number of benzene rings is 1. The molecule has 0 aliphatic carbocycles. The van der Waals surface area contributed by atoms with Crippen LogP contribution in [0.2, 0.25) is 0 Å². The van der Waals surface area contributed by atoms with Gasteiger partial charge in [0.2, 0.25) is 5.91 Å². The van der Waals surface area contributed by atoms with Crippen LogP contribution < -0.4 is 10.5 Å². The number of thioether (sulfide) groups is 1. The van der Waals surface area contributed by atoms with Crippen molar-refractivity contribution in [3.63, 3.8) is 0 Å². The zero-order valence-corrected chi connectivity index (χ0v) is 13.0. The zero-order chi connectivity index (χ0) is 17.0. The summed E-state index contributed by atoms with van der Waals surface area (Å²) in [5, 5.41) is 8.38. The topological polar surface area (TPSA) is 125 Å². The summed E-state index contributed by atoms with van der Waals surface area (Å²) < 4.78 is 5.07. The molecular formula is C13H15N3O6S. The van der Waals surface area contributed by atoms with Crippen LogP contribution in [0.25, 0.3) is 0 Å². The van der Waals surface area contributed by atoms with E-state index in [1.54, 1.807) is 24.3 Å². The summed E-state index contributed by atoms with van der Waals surface area (Å²) in [5.74, 6) is -0.0276. The molecule has 2 amide bonds. The summed E-state index contributed by atoms with van der Waals surface area (Å²) in [6.45, 7) is -0.411. The second kappa shape index (κ2) is 7.18. The number of nitrogens with two attached hydrogens (primary N) is 1. The lowest BCUT2D eigenvalue weighted by atomic mass is 10.0. The molecule has 1 aliphatic heterocycles. The van der Waals surface area contributed by atoms with Gasteiger partial charge in [-0.05, 0) is 17.7 Å². The van der Waals surface area contributed by atoms with Crippen molar-refractivity contribution >= 4 is 22.9 Å². The minimum Gasteiger partial charge on any atom is -0.497 e. The van der Waals surface area contributed by atoms with Crippen molar-refractivity contribution in [3.8, 4) is 5.75 Å². The van der Waals surface area contributed by atoms with E-state index in [9.17, 15) is 19.7 Å². The molecule has 1 aliphatic rings. The summed E-state index contributed by atoms with van der Waals surface area (Å²) in [7, 11) is 1.53. The Kier molecular flexibility index (Phi) is 5.27. The monoisotopic (exact) mass is 341 g/mol. The molecule has 1 aromatic rings. The van der Waals surface area contributed by atoms with Gasteiger partial charge in [-0.3, -0.25) is 9.59 Å². The molecule has 0 bridgehead atoms. The van der Waals surface area contributed by atoms with Crippen molar-refractivity contribution in [2.45, 2.75) is 11.3 Å². The normalized spacial score (nSPS) is 20.4. The molecular weight excluding hydrogens is 326 g/mol. The number of ether oxygens (including phenoxy) is 1. The van der Waals surface area contributed by atoms with E-state index < -0.39 is 22.3 Å². The van der Waals surface area contributed by atoms with Crippen LogP contribution in [0.4, 0.5) is 4.79 Å². The maximum Gasteiger partial charge on any atom is 0.294 e. The van der Waals surface area contributed by atoms with Crippen LogP contribution >= 0.6 is 11.8 Å². The molecule has 1 fully saturated rings. The van der Waals surface area contributed by atoms with Crippen LogP contribution in [0.5, 0.6) is 5.75 Å². The van der Waals surface area contributed by atoms with Gasteiger partial charge in [0.25, 0.3) is 10.3 Å². The van der Waals surface area contributed by atoms with Gasteiger partial charge in [0.05, 0.1) is 12.4 Å². The van der Waals surface area contributed by atoms with E-state index in [0.717, 1.165) is 17.3 Å². The fourth-order valence-electron chi connectivity index (χ4n) is 2.31. The molecule has 1 heterocycles. The number of carbonyl (C=O) groups is 2. The van der Waals surface area contributed by atoms with E-state index in [1.807, 2.05) is 0 Å². The Morgan fingerprint density at radius 3 is 2.61 bits per heavy atom. The highest BCUT2D eigenvalue weighted by Gasteiger charge is 2.44. The number of rotatable bonds is 7. The third-order valence-corrected chi connectivity index (χ3v) is 4.57. The fourth-order valence-corrected chi connectivity index (χ4v) is 3.57. The van der Waals surface area contributed by atoms with Crippen LogP contribution in [0.1, 0.15) is 10.8 Å². The first-order valence-corrected chi connectivity index (χ1v) is 7.50. The summed E-state index contributed by atoms with van der Waals surface area (Å²) in [5.41, 5.74) is 6.16. The van der Waals surface area contributed by atoms with Crippen LogP contribution in [0, 0.1) is 10.1 Å². The molecule has 23 heavy (non-hydrogen) atoms. The van der Waals surface area contributed by atoms with Crippen molar-refractivity contribution < 1.29 is 24.3 Å². The largest absolute Gasteiger partial charge is 0.497 e. The number of methoxy groups -OCH3 is 1. The van der Waals surface area contributed by atoms with Gasteiger partial charge in [0, 0.05) is 6.54 Å². The van der Waals surface area contributed by atoms with E-state index in [2.05, 4.69) is 4.84 Å². The minimum absolute atomic E-state index is 0.0902. The molecule has 2 atom stereocenters. The van der Waals surface area contributed by atoms with E-state index in [4.69, 9.17) is 10.5 Å². The Bertz CT molecular complexity index is 608. The lowest BCUT2D eigenvalue weighted by molar-refractivity contribution is -0.757. The lowest BCUT2D eigenvalue weighted by Crippen LogP contribution is -2.45. The minimum atomic E-state index is -0.950. The first-order valence-electron chi connectivity index (χ1n) is 6.62. The quantitative estimate of drug-likeness (QED) is 0.578. The Morgan fingerprint density at radius 1 is 1.43 bits per heavy atom. The molecule has 0 radical (unpaired) electrons. The lowest BCUT2D eigenvalue weighted by Gasteiger charge is -2.24. The molecule has 0 saturated carbocycles. The predicted octanol–water partition coefficient (Wildman–Crippen LogP) is 0.967. The molecule has 0 spiro atoms. The highest BCUT2D eigenvalue weighted by Crippen LogP contribution is 2.43. The standard InChI is InChI=1S/C13H15N3O6S/c1-21-9-4-2-8(3-5-9)11-10(12(14)17)15(13(18)23-11)6-7-22-16(19)20/h2-5,10-11H,6-7H2,1H3,(H2,14,17). The maximum absolute atomic E-state index is 12.1. The van der Waals surface area contributed by atoms with Gasteiger partial charge in [-0.25, -0.2) is 0 Å². The highest BCUT2D eigenvalue weighted by atomic mass is 32.2. The second-order valence-electron chi connectivity index (χ2n) is 4.67. The second-order valence-corrected chi connectivity index (χ2v) is 5.77. The number of amides is 2. The average Bonchev–Trinajstić information content (AvgIpc) is 2.84. The van der Waals surface area contributed by atoms with E-state index in [0.29, 0.717) is 5.75 Å². The molecule has 1 aromatic carbocycles.